The summed E-state index contributed by atoms with van der Waals surface area (Å²) in [5.74, 6) is -0.341. The number of halogens is 3. The van der Waals surface area contributed by atoms with Crippen LogP contribution in [0.25, 0.3) is 0 Å². The van der Waals surface area contributed by atoms with E-state index in [1.807, 2.05) is 6.92 Å². The Balaban J connectivity index is 2.64. The Morgan fingerprint density at radius 1 is 1.24 bits per heavy atom. The summed E-state index contributed by atoms with van der Waals surface area (Å²) in [5, 5.41) is 2.64. The SMILES string of the molecule is CCCCNC(=O)c1ccc(C(F)(F)F)cc1. The van der Waals surface area contributed by atoms with Crippen LogP contribution < -0.4 is 5.32 Å². The van der Waals surface area contributed by atoms with Crippen LogP contribution in [0.15, 0.2) is 24.3 Å². The Kier molecular flexibility index (Phi) is 4.54. The standard InChI is InChI=1S/C12H14F3NO/c1-2-3-8-16-11(17)9-4-6-10(7-5-9)12(13,14)15/h4-7H,2-3,8H2,1H3,(H,16,17). The summed E-state index contributed by atoms with van der Waals surface area (Å²) in [6, 6.07) is 4.19. The second-order valence-electron chi connectivity index (χ2n) is 3.68. The van der Waals surface area contributed by atoms with Gasteiger partial charge in [-0.2, -0.15) is 13.2 Å². The zero-order chi connectivity index (χ0) is 12.9. The van der Waals surface area contributed by atoms with Gasteiger partial charge in [-0.05, 0) is 30.7 Å². The maximum absolute atomic E-state index is 12.3. The molecule has 2 nitrogen and oxygen atoms in total. The molecule has 0 aromatic heterocycles. The van der Waals surface area contributed by atoms with Crippen molar-refractivity contribution < 1.29 is 18.0 Å². The van der Waals surface area contributed by atoms with Gasteiger partial charge in [0.2, 0.25) is 0 Å². The highest BCUT2D eigenvalue weighted by atomic mass is 19.4. The van der Waals surface area contributed by atoms with Gasteiger partial charge in [0.05, 0.1) is 5.56 Å². The number of alkyl halides is 3. The molecule has 0 saturated heterocycles. The van der Waals surface area contributed by atoms with Gasteiger partial charge in [-0.3, -0.25) is 4.79 Å². The molecule has 0 atom stereocenters. The fraction of sp³-hybridized carbons (Fsp3) is 0.417. The highest BCUT2D eigenvalue weighted by molar-refractivity contribution is 5.94. The number of rotatable bonds is 4. The van der Waals surface area contributed by atoms with Crippen molar-refractivity contribution in [2.75, 3.05) is 6.54 Å². The van der Waals surface area contributed by atoms with Crippen LogP contribution in [-0.4, -0.2) is 12.5 Å². The van der Waals surface area contributed by atoms with Crippen molar-refractivity contribution in [2.45, 2.75) is 25.9 Å². The van der Waals surface area contributed by atoms with Gasteiger partial charge in [0.15, 0.2) is 0 Å². The average Bonchev–Trinajstić information content (AvgIpc) is 2.28. The van der Waals surface area contributed by atoms with Crippen LogP contribution >= 0.6 is 0 Å². The molecule has 0 saturated carbocycles. The molecule has 17 heavy (non-hydrogen) atoms. The van der Waals surface area contributed by atoms with Gasteiger partial charge in [0.1, 0.15) is 0 Å². The maximum atomic E-state index is 12.3. The lowest BCUT2D eigenvalue weighted by Crippen LogP contribution is -2.24. The lowest BCUT2D eigenvalue weighted by atomic mass is 10.1. The normalized spacial score (nSPS) is 11.3. The van der Waals surface area contributed by atoms with Crippen LogP contribution in [0.4, 0.5) is 13.2 Å². The minimum Gasteiger partial charge on any atom is -0.352 e. The topological polar surface area (TPSA) is 29.1 Å². The summed E-state index contributed by atoms with van der Waals surface area (Å²) in [6.07, 6.45) is -2.56. The molecule has 1 amide bonds. The molecule has 1 N–H and O–H groups in total. The van der Waals surface area contributed by atoms with Gasteiger partial charge in [0.25, 0.3) is 5.91 Å². The van der Waals surface area contributed by atoms with Gasteiger partial charge in [-0.1, -0.05) is 13.3 Å². The quantitative estimate of drug-likeness (QED) is 0.811. The number of hydrogen-bond acceptors (Lipinski definition) is 1. The Labute approximate surface area is 97.8 Å². The fourth-order valence-corrected chi connectivity index (χ4v) is 1.29. The molecule has 0 aliphatic carbocycles. The average molecular weight is 245 g/mol. The van der Waals surface area contributed by atoms with E-state index in [2.05, 4.69) is 5.32 Å². The lowest BCUT2D eigenvalue weighted by Gasteiger charge is -2.08. The number of unbranched alkanes of at least 4 members (excludes halogenated alkanes) is 1. The van der Waals surface area contributed by atoms with Crippen molar-refractivity contribution in [3.63, 3.8) is 0 Å². The van der Waals surface area contributed by atoms with Crippen molar-refractivity contribution in [2.24, 2.45) is 0 Å². The molecule has 0 fully saturated rings. The van der Waals surface area contributed by atoms with E-state index in [1.54, 1.807) is 0 Å². The van der Waals surface area contributed by atoms with Crippen molar-refractivity contribution in [1.82, 2.24) is 5.32 Å². The van der Waals surface area contributed by atoms with Crippen LogP contribution in [0.1, 0.15) is 35.7 Å². The fourth-order valence-electron chi connectivity index (χ4n) is 1.29. The first-order valence-corrected chi connectivity index (χ1v) is 5.40. The first-order valence-electron chi connectivity index (χ1n) is 5.40. The molecule has 94 valence electrons. The molecule has 5 heteroatoms. The van der Waals surface area contributed by atoms with E-state index in [0.29, 0.717) is 6.54 Å². The Hall–Kier alpha value is -1.52. The number of benzene rings is 1. The van der Waals surface area contributed by atoms with Crippen LogP contribution in [-0.2, 0) is 6.18 Å². The van der Waals surface area contributed by atoms with E-state index < -0.39 is 11.7 Å². The number of nitrogens with one attached hydrogen (secondary N) is 1. The Bertz CT molecular complexity index is 370. The number of carbonyl (C=O) groups excluding carboxylic acids is 1. The monoisotopic (exact) mass is 245 g/mol. The third kappa shape index (κ3) is 4.09. The summed E-state index contributed by atoms with van der Waals surface area (Å²) < 4.78 is 36.8. The molecule has 0 radical (unpaired) electrons. The van der Waals surface area contributed by atoms with Crippen LogP contribution in [0.5, 0.6) is 0 Å². The van der Waals surface area contributed by atoms with Crippen molar-refractivity contribution in [1.29, 1.82) is 0 Å². The molecule has 0 bridgehead atoms. The summed E-state index contributed by atoms with van der Waals surface area (Å²) in [7, 11) is 0. The second kappa shape index (κ2) is 5.70. The molecule has 0 heterocycles. The van der Waals surface area contributed by atoms with E-state index in [4.69, 9.17) is 0 Å². The van der Waals surface area contributed by atoms with Crippen LogP contribution in [0, 0.1) is 0 Å². The maximum Gasteiger partial charge on any atom is 0.416 e. The lowest BCUT2D eigenvalue weighted by molar-refractivity contribution is -0.137. The third-order valence-electron chi connectivity index (χ3n) is 2.29. The van der Waals surface area contributed by atoms with Crippen molar-refractivity contribution in [3.8, 4) is 0 Å². The highest BCUT2D eigenvalue weighted by Crippen LogP contribution is 2.28. The first-order chi connectivity index (χ1) is 7.95. The minimum atomic E-state index is -4.36. The van der Waals surface area contributed by atoms with Gasteiger partial charge in [-0.25, -0.2) is 0 Å². The van der Waals surface area contributed by atoms with E-state index in [-0.39, 0.29) is 11.5 Å². The summed E-state index contributed by atoms with van der Waals surface area (Å²) in [4.78, 5) is 11.5. The summed E-state index contributed by atoms with van der Waals surface area (Å²) in [6.45, 7) is 2.53. The number of amides is 1. The van der Waals surface area contributed by atoms with E-state index in [0.717, 1.165) is 25.0 Å². The predicted octanol–water partition coefficient (Wildman–Crippen LogP) is 3.24. The van der Waals surface area contributed by atoms with Gasteiger partial charge >= 0.3 is 6.18 Å². The van der Waals surface area contributed by atoms with Gasteiger partial charge < -0.3 is 5.32 Å². The van der Waals surface area contributed by atoms with Crippen LogP contribution in [0.3, 0.4) is 0 Å². The molecule has 1 aromatic carbocycles. The van der Waals surface area contributed by atoms with Crippen molar-refractivity contribution in [3.05, 3.63) is 35.4 Å². The van der Waals surface area contributed by atoms with Crippen molar-refractivity contribution >= 4 is 5.91 Å². The van der Waals surface area contributed by atoms with E-state index in [1.165, 1.54) is 12.1 Å². The second-order valence-corrected chi connectivity index (χ2v) is 3.68. The smallest absolute Gasteiger partial charge is 0.352 e. The minimum absolute atomic E-state index is 0.245. The molecule has 1 rings (SSSR count). The van der Waals surface area contributed by atoms with E-state index in [9.17, 15) is 18.0 Å². The molecule has 0 aliphatic heterocycles. The summed E-state index contributed by atoms with van der Waals surface area (Å²) >= 11 is 0. The summed E-state index contributed by atoms with van der Waals surface area (Å²) in [5.41, 5.74) is -0.503. The largest absolute Gasteiger partial charge is 0.416 e. The third-order valence-corrected chi connectivity index (χ3v) is 2.29. The molecule has 0 unspecified atom stereocenters. The van der Waals surface area contributed by atoms with E-state index >= 15 is 0 Å². The van der Waals surface area contributed by atoms with Gasteiger partial charge in [-0.15, -0.1) is 0 Å². The Morgan fingerprint density at radius 2 is 1.82 bits per heavy atom. The first kappa shape index (κ1) is 13.5. The molecule has 0 spiro atoms. The predicted molar refractivity (Wildman–Crippen MR) is 58.7 cm³/mol. The van der Waals surface area contributed by atoms with Gasteiger partial charge in [0, 0.05) is 12.1 Å². The number of carbonyl (C=O) groups is 1. The zero-order valence-electron chi connectivity index (χ0n) is 9.47. The highest BCUT2D eigenvalue weighted by Gasteiger charge is 2.30. The molecule has 0 aliphatic rings. The number of hydrogen-bond donors (Lipinski definition) is 1. The Morgan fingerprint density at radius 3 is 2.29 bits per heavy atom. The molecule has 1 aromatic rings. The molecular weight excluding hydrogens is 231 g/mol. The molecular formula is C12H14F3NO. The zero-order valence-corrected chi connectivity index (χ0v) is 9.47. The van der Waals surface area contributed by atoms with Crippen LogP contribution in [0.2, 0.25) is 0 Å².